The molecule has 0 bridgehead atoms. The summed E-state index contributed by atoms with van der Waals surface area (Å²) in [5.74, 6) is -0.217. The Balaban J connectivity index is 1.65. The van der Waals surface area contributed by atoms with Crippen LogP contribution in [0.15, 0.2) is 72.9 Å². The first kappa shape index (κ1) is 15.1. The number of anilines is 1. The van der Waals surface area contributed by atoms with Gasteiger partial charge < -0.3 is 10.3 Å². The van der Waals surface area contributed by atoms with E-state index in [0.29, 0.717) is 5.69 Å². The molecule has 4 nitrogen and oxygen atoms in total. The normalized spacial score (nSPS) is 10.8. The fourth-order valence-electron chi connectivity index (χ4n) is 2.92. The fourth-order valence-corrected chi connectivity index (χ4v) is 2.92. The highest BCUT2D eigenvalue weighted by atomic mass is 16.1. The minimum atomic E-state index is -0.217. The smallest absolute Gasteiger partial charge is 0.274 e. The zero-order valence-corrected chi connectivity index (χ0v) is 13.8. The summed E-state index contributed by atoms with van der Waals surface area (Å²) in [5, 5.41) is 3.99. The molecule has 4 heteroatoms. The molecule has 122 valence electrons. The highest BCUT2D eigenvalue weighted by Gasteiger charge is 2.09. The van der Waals surface area contributed by atoms with Gasteiger partial charge in [0.15, 0.2) is 0 Å². The van der Waals surface area contributed by atoms with Gasteiger partial charge in [0.25, 0.3) is 5.91 Å². The maximum atomic E-state index is 12.2. The highest BCUT2D eigenvalue weighted by Crippen LogP contribution is 2.28. The van der Waals surface area contributed by atoms with Gasteiger partial charge in [-0.2, -0.15) is 0 Å². The molecule has 2 N–H and O–H groups in total. The quantitative estimate of drug-likeness (QED) is 0.568. The van der Waals surface area contributed by atoms with E-state index in [1.54, 1.807) is 24.4 Å². The van der Waals surface area contributed by atoms with E-state index < -0.39 is 0 Å². The molecule has 0 saturated heterocycles. The number of aromatic amines is 1. The summed E-state index contributed by atoms with van der Waals surface area (Å²) >= 11 is 0. The number of nitrogens with one attached hydrogen (secondary N) is 2. The number of fused-ring (bicyclic) bond motifs is 1. The molecular formula is C21H17N3O. The summed E-state index contributed by atoms with van der Waals surface area (Å²) in [4.78, 5) is 19.7. The number of aryl methyl sites for hydroxylation is 1. The van der Waals surface area contributed by atoms with Gasteiger partial charge in [-0.15, -0.1) is 0 Å². The van der Waals surface area contributed by atoms with Gasteiger partial charge in [0.2, 0.25) is 0 Å². The summed E-state index contributed by atoms with van der Waals surface area (Å²) in [6, 6.07) is 21.5. The van der Waals surface area contributed by atoms with E-state index in [1.165, 1.54) is 11.1 Å². The first-order valence-electron chi connectivity index (χ1n) is 8.12. The van der Waals surface area contributed by atoms with Crippen LogP contribution >= 0.6 is 0 Å². The molecule has 2 aromatic carbocycles. The number of carbonyl (C=O) groups is 1. The van der Waals surface area contributed by atoms with Crippen LogP contribution in [-0.4, -0.2) is 15.9 Å². The molecule has 1 amide bonds. The number of amides is 1. The van der Waals surface area contributed by atoms with E-state index in [1.807, 2.05) is 30.3 Å². The molecular weight excluding hydrogens is 310 g/mol. The molecule has 0 aliphatic rings. The van der Waals surface area contributed by atoms with Crippen molar-refractivity contribution >= 4 is 22.5 Å². The monoisotopic (exact) mass is 327 g/mol. The van der Waals surface area contributed by atoms with E-state index in [0.717, 1.165) is 22.3 Å². The summed E-state index contributed by atoms with van der Waals surface area (Å²) in [7, 11) is 0. The fraction of sp³-hybridized carbons (Fsp3) is 0.0476. The molecule has 4 rings (SSSR count). The van der Waals surface area contributed by atoms with Crippen molar-refractivity contribution in [3.8, 4) is 11.3 Å². The van der Waals surface area contributed by atoms with Crippen LogP contribution in [0.1, 0.15) is 16.1 Å². The summed E-state index contributed by atoms with van der Waals surface area (Å²) in [6.45, 7) is 2.10. The third kappa shape index (κ3) is 3.02. The van der Waals surface area contributed by atoms with Crippen LogP contribution in [0.4, 0.5) is 5.69 Å². The third-order valence-corrected chi connectivity index (χ3v) is 4.21. The number of benzene rings is 2. The van der Waals surface area contributed by atoms with E-state index in [4.69, 9.17) is 0 Å². The highest BCUT2D eigenvalue weighted by molar-refractivity contribution is 6.04. The number of rotatable bonds is 3. The Hall–Kier alpha value is -3.40. The topological polar surface area (TPSA) is 57.8 Å². The van der Waals surface area contributed by atoms with Crippen molar-refractivity contribution in [3.63, 3.8) is 0 Å². The van der Waals surface area contributed by atoms with Gasteiger partial charge in [-0.05, 0) is 42.8 Å². The standard InChI is InChI=1S/C21H17N3O/c1-14-6-2-3-7-17(14)20-12-15-9-10-16(13-19(15)24-20)23-21(25)18-8-4-5-11-22-18/h2-13,24H,1H3,(H,23,25). The molecule has 0 spiro atoms. The largest absolute Gasteiger partial charge is 0.354 e. The SMILES string of the molecule is Cc1ccccc1-c1cc2ccc(NC(=O)c3ccccn3)cc2[nH]1. The lowest BCUT2D eigenvalue weighted by molar-refractivity contribution is 0.102. The number of H-pyrrole nitrogens is 1. The molecule has 25 heavy (non-hydrogen) atoms. The van der Waals surface area contributed by atoms with E-state index >= 15 is 0 Å². The minimum Gasteiger partial charge on any atom is -0.354 e. The maximum Gasteiger partial charge on any atom is 0.274 e. The second-order valence-corrected chi connectivity index (χ2v) is 5.97. The average Bonchev–Trinajstić information content (AvgIpc) is 3.06. The van der Waals surface area contributed by atoms with Crippen molar-refractivity contribution in [3.05, 3.63) is 84.2 Å². The molecule has 2 aromatic heterocycles. The Morgan fingerprint density at radius 2 is 1.84 bits per heavy atom. The summed E-state index contributed by atoms with van der Waals surface area (Å²) < 4.78 is 0. The van der Waals surface area contributed by atoms with Gasteiger partial charge in [-0.1, -0.05) is 36.4 Å². The average molecular weight is 327 g/mol. The maximum absolute atomic E-state index is 12.2. The molecule has 0 fully saturated rings. The second-order valence-electron chi connectivity index (χ2n) is 5.97. The van der Waals surface area contributed by atoms with Crippen LogP contribution in [-0.2, 0) is 0 Å². The molecule has 2 heterocycles. The number of nitrogens with zero attached hydrogens (tertiary/aromatic N) is 1. The lowest BCUT2D eigenvalue weighted by atomic mass is 10.1. The molecule has 0 radical (unpaired) electrons. The Kier molecular flexibility index (Phi) is 3.78. The van der Waals surface area contributed by atoms with Gasteiger partial charge in [0.05, 0.1) is 0 Å². The Morgan fingerprint density at radius 3 is 2.64 bits per heavy atom. The number of pyridine rings is 1. The number of hydrogen-bond donors (Lipinski definition) is 2. The van der Waals surface area contributed by atoms with Crippen LogP contribution in [0.25, 0.3) is 22.2 Å². The molecule has 0 aliphatic heterocycles. The molecule has 0 atom stereocenters. The predicted molar refractivity (Wildman–Crippen MR) is 101 cm³/mol. The van der Waals surface area contributed by atoms with E-state index in [2.05, 4.69) is 40.4 Å². The lowest BCUT2D eigenvalue weighted by Gasteiger charge is -2.04. The van der Waals surface area contributed by atoms with Crippen molar-refractivity contribution in [2.45, 2.75) is 6.92 Å². The molecule has 0 unspecified atom stereocenters. The van der Waals surface area contributed by atoms with Gasteiger partial charge in [-0.25, -0.2) is 0 Å². The van der Waals surface area contributed by atoms with Crippen LogP contribution in [0.2, 0.25) is 0 Å². The summed E-state index contributed by atoms with van der Waals surface area (Å²) in [6.07, 6.45) is 1.61. The number of hydrogen-bond acceptors (Lipinski definition) is 2. The third-order valence-electron chi connectivity index (χ3n) is 4.21. The van der Waals surface area contributed by atoms with E-state index in [9.17, 15) is 4.79 Å². The number of aromatic nitrogens is 2. The first-order chi connectivity index (χ1) is 12.2. The van der Waals surface area contributed by atoms with Crippen LogP contribution < -0.4 is 5.32 Å². The predicted octanol–water partition coefficient (Wildman–Crippen LogP) is 4.79. The number of carbonyl (C=O) groups excluding carboxylic acids is 1. The van der Waals surface area contributed by atoms with Gasteiger partial charge in [0, 0.05) is 34.0 Å². The zero-order valence-electron chi connectivity index (χ0n) is 13.8. The van der Waals surface area contributed by atoms with Crippen molar-refractivity contribution in [1.29, 1.82) is 0 Å². The molecule has 0 saturated carbocycles. The van der Waals surface area contributed by atoms with Gasteiger partial charge in [-0.3, -0.25) is 9.78 Å². The van der Waals surface area contributed by atoms with E-state index in [-0.39, 0.29) is 5.91 Å². The summed E-state index contributed by atoms with van der Waals surface area (Å²) in [5.41, 5.74) is 5.59. The van der Waals surface area contributed by atoms with Crippen molar-refractivity contribution < 1.29 is 4.79 Å². The van der Waals surface area contributed by atoms with Crippen LogP contribution in [0.5, 0.6) is 0 Å². The Bertz CT molecular complexity index is 1050. The van der Waals surface area contributed by atoms with Crippen LogP contribution in [0.3, 0.4) is 0 Å². The van der Waals surface area contributed by atoms with Crippen molar-refractivity contribution in [2.75, 3.05) is 5.32 Å². The first-order valence-corrected chi connectivity index (χ1v) is 8.12. The van der Waals surface area contributed by atoms with Crippen LogP contribution in [0, 0.1) is 6.92 Å². The Labute approximate surface area is 145 Å². The van der Waals surface area contributed by atoms with Gasteiger partial charge >= 0.3 is 0 Å². The molecule has 0 aliphatic carbocycles. The Morgan fingerprint density at radius 1 is 1.00 bits per heavy atom. The van der Waals surface area contributed by atoms with Gasteiger partial charge in [0.1, 0.15) is 5.69 Å². The van der Waals surface area contributed by atoms with Crippen molar-refractivity contribution in [2.24, 2.45) is 0 Å². The lowest BCUT2D eigenvalue weighted by Crippen LogP contribution is -2.13. The van der Waals surface area contributed by atoms with Crippen molar-refractivity contribution in [1.82, 2.24) is 9.97 Å². The zero-order chi connectivity index (χ0) is 17.2. The second kappa shape index (κ2) is 6.24. The minimum absolute atomic E-state index is 0.217. The molecule has 4 aromatic rings.